The van der Waals surface area contributed by atoms with Crippen LogP contribution in [0.3, 0.4) is 0 Å². The Morgan fingerprint density at radius 2 is 1.70 bits per heavy atom. The van der Waals surface area contributed by atoms with E-state index in [1.165, 1.54) is 30.3 Å². The Morgan fingerprint density at radius 3 is 2.30 bits per heavy atom. The Balaban J connectivity index is 2.48. The van der Waals surface area contributed by atoms with E-state index in [1.54, 1.807) is 0 Å². The molecular formula is C14H10ClF4N. The average molecular weight is 304 g/mol. The zero-order chi connectivity index (χ0) is 14.9. The van der Waals surface area contributed by atoms with E-state index >= 15 is 0 Å². The van der Waals surface area contributed by atoms with E-state index < -0.39 is 23.6 Å². The molecule has 0 fully saturated rings. The Bertz CT molecular complexity index is 625. The van der Waals surface area contributed by atoms with Gasteiger partial charge in [0.05, 0.1) is 16.6 Å². The second kappa shape index (κ2) is 5.42. The van der Waals surface area contributed by atoms with Gasteiger partial charge in [-0.25, -0.2) is 4.39 Å². The van der Waals surface area contributed by atoms with E-state index in [9.17, 15) is 17.6 Å². The summed E-state index contributed by atoms with van der Waals surface area (Å²) in [5.74, 6) is -0.718. The summed E-state index contributed by atoms with van der Waals surface area (Å²) < 4.78 is 52.1. The van der Waals surface area contributed by atoms with Gasteiger partial charge in [-0.05, 0) is 29.3 Å². The first kappa shape index (κ1) is 14.8. The Labute approximate surface area is 118 Å². The van der Waals surface area contributed by atoms with Crippen molar-refractivity contribution in [3.63, 3.8) is 0 Å². The lowest BCUT2D eigenvalue weighted by Gasteiger charge is -2.18. The van der Waals surface area contributed by atoms with Crippen LogP contribution in [0.1, 0.15) is 22.7 Å². The standard InChI is InChI=1S/C14H10ClF4N/c15-11-6-5-8(7-12(11)16)13(20)9-3-1-2-4-10(9)14(17,18)19/h1-7,13H,20H2. The van der Waals surface area contributed by atoms with Crippen LogP contribution in [0.25, 0.3) is 0 Å². The molecule has 1 nitrogen and oxygen atoms in total. The SMILES string of the molecule is NC(c1ccc(Cl)c(F)c1)c1ccccc1C(F)(F)F. The highest BCUT2D eigenvalue weighted by atomic mass is 35.5. The first-order valence-corrected chi connectivity index (χ1v) is 6.05. The molecule has 0 saturated heterocycles. The van der Waals surface area contributed by atoms with Crippen LogP contribution in [0, 0.1) is 5.82 Å². The monoisotopic (exact) mass is 303 g/mol. The van der Waals surface area contributed by atoms with Crippen LogP contribution in [0.15, 0.2) is 42.5 Å². The van der Waals surface area contributed by atoms with Crippen molar-refractivity contribution in [2.75, 3.05) is 0 Å². The lowest BCUT2D eigenvalue weighted by atomic mass is 9.95. The summed E-state index contributed by atoms with van der Waals surface area (Å²) in [7, 11) is 0. The highest BCUT2D eigenvalue weighted by Gasteiger charge is 2.34. The van der Waals surface area contributed by atoms with Crippen molar-refractivity contribution in [2.45, 2.75) is 12.2 Å². The number of hydrogen-bond acceptors (Lipinski definition) is 1. The van der Waals surface area contributed by atoms with Crippen LogP contribution in [0.5, 0.6) is 0 Å². The summed E-state index contributed by atoms with van der Waals surface area (Å²) in [4.78, 5) is 0. The molecule has 0 spiro atoms. The molecule has 106 valence electrons. The minimum atomic E-state index is -4.51. The molecule has 0 heterocycles. The number of rotatable bonds is 2. The van der Waals surface area contributed by atoms with Gasteiger partial charge in [-0.2, -0.15) is 13.2 Å². The van der Waals surface area contributed by atoms with E-state index in [0.29, 0.717) is 0 Å². The molecule has 1 atom stereocenters. The van der Waals surface area contributed by atoms with Crippen molar-refractivity contribution in [3.8, 4) is 0 Å². The van der Waals surface area contributed by atoms with Crippen LogP contribution in [0.4, 0.5) is 17.6 Å². The third-order valence-corrected chi connectivity index (χ3v) is 3.21. The highest BCUT2D eigenvalue weighted by Crippen LogP contribution is 2.36. The molecule has 0 aromatic heterocycles. The molecule has 1 unspecified atom stereocenters. The minimum absolute atomic E-state index is 0.106. The Kier molecular flexibility index (Phi) is 4.01. The third kappa shape index (κ3) is 2.94. The van der Waals surface area contributed by atoms with E-state index in [0.717, 1.165) is 12.1 Å². The fourth-order valence-electron chi connectivity index (χ4n) is 1.91. The first-order chi connectivity index (χ1) is 9.30. The van der Waals surface area contributed by atoms with Crippen LogP contribution < -0.4 is 5.73 Å². The number of hydrogen-bond donors (Lipinski definition) is 1. The van der Waals surface area contributed by atoms with E-state index in [-0.39, 0.29) is 16.1 Å². The van der Waals surface area contributed by atoms with Crippen molar-refractivity contribution in [1.29, 1.82) is 0 Å². The summed E-state index contributed by atoms with van der Waals surface area (Å²) in [5.41, 5.74) is 5.11. The van der Waals surface area contributed by atoms with Crippen molar-refractivity contribution in [2.24, 2.45) is 5.73 Å². The van der Waals surface area contributed by atoms with Gasteiger partial charge >= 0.3 is 6.18 Å². The van der Waals surface area contributed by atoms with Gasteiger partial charge in [-0.15, -0.1) is 0 Å². The molecular weight excluding hydrogens is 294 g/mol. The Morgan fingerprint density at radius 1 is 1.05 bits per heavy atom. The maximum absolute atomic E-state index is 13.4. The second-order valence-electron chi connectivity index (χ2n) is 4.24. The number of alkyl halides is 3. The van der Waals surface area contributed by atoms with Crippen LogP contribution >= 0.6 is 11.6 Å². The molecule has 20 heavy (non-hydrogen) atoms. The molecule has 0 aliphatic carbocycles. The largest absolute Gasteiger partial charge is 0.416 e. The Hall–Kier alpha value is -1.59. The normalized spacial score (nSPS) is 13.3. The van der Waals surface area contributed by atoms with Gasteiger partial charge in [-0.1, -0.05) is 35.9 Å². The van der Waals surface area contributed by atoms with E-state index in [2.05, 4.69) is 0 Å². The summed E-state index contributed by atoms with van der Waals surface area (Å²) >= 11 is 5.54. The zero-order valence-corrected chi connectivity index (χ0v) is 10.8. The predicted octanol–water partition coefficient (Wildman–Crippen LogP) is 4.55. The van der Waals surface area contributed by atoms with Gasteiger partial charge < -0.3 is 5.73 Å². The summed E-state index contributed by atoms with van der Waals surface area (Å²) in [6, 6.07) is 7.59. The molecule has 6 heteroatoms. The first-order valence-electron chi connectivity index (χ1n) is 5.67. The molecule has 0 bridgehead atoms. The lowest BCUT2D eigenvalue weighted by molar-refractivity contribution is -0.138. The third-order valence-electron chi connectivity index (χ3n) is 2.90. The van der Waals surface area contributed by atoms with Gasteiger partial charge in [0.2, 0.25) is 0 Å². The second-order valence-corrected chi connectivity index (χ2v) is 4.64. The van der Waals surface area contributed by atoms with Gasteiger partial charge in [0.25, 0.3) is 0 Å². The smallest absolute Gasteiger partial charge is 0.320 e. The van der Waals surface area contributed by atoms with Gasteiger partial charge in [0, 0.05) is 0 Å². The lowest BCUT2D eigenvalue weighted by Crippen LogP contribution is -2.18. The van der Waals surface area contributed by atoms with E-state index in [1.807, 2.05) is 0 Å². The predicted molar refractivity (Wildman–Crippen MR) is 68.9 cm³/mol. The molecule has 2 N–H and O–H groups in total. The van der Waals surface area contributed by atoms with E-state index in [4.69, 9.17) is 17.3 Å². The number of halogens is 5. The maximum Gasteiger partial charge on any atom is 0.416 e. The molecule has 0 amide bonds. The van der Waals surface area contributed by atoms with Crippen LogP contribution in [-0.4, -0.2) is 0 Å². The summed E-state index contributed by atoms with van der Waals surface area (Å²) in [6.07, 6.45) is -4.51. The molecule has 0 aliphatic rings. The van der Waals surface area contributed by atoms with Crippen molar-refractivity contribution >= 4 is 11.6 Å². The highest BCUT2D eigenvalue weighted by molar-refractivity contribution is 6.30. The van der Waals surface area contributed by atoms with Gasteiger partial charge in [0.15, 0.2) is 0 Å². The number of benzene rings is 2. The summed E-state index contributed by atoms with van der Waals surface area (Å²) in [5, 5.41) is -0.106. The molecule has 2 aromatic rings. The van der Waals surface area contributed by atoms with Gasteiger partial charge in [0.1, 0.15) is 5.82 Å². The minimum Gasteiger partial charge on any atom is -0.320 e. The quantitative estimate of drug-likeness (QED) is 0.810. The molecule has 0 radical (unpaired) electrons. The molecule has 2 rings (SSSR count). The fourth-order valence-corrected chi connectivity index (χ4v) is 2.03. The topological polar surface area (TPSA) is 26.0 Å². The van der Waals surface area contributed by atoms with Crippen LogP contribution in [0.2, 0.25) is 5.02 Å². The molecule has 0 aliphatic heterocycles. The van der Waals surface area contributed by atoms with Crippen molar-refractivity contribution < 1.29 is 17.6 Å². The number of nitrogens with two attached hydrogens (primary N) is 1. The van der Waals surface area contributed by atoms with Crippen molar-refractivity contribution in [1.82, 2.24) is 0 Å². The maximum atomic E-state index is 13.4. The molecule has 0 saturated carbocycles. The van der Waals surface area contributed by atoms with Crippen molar-refractivity contribution in [3.05, 3.63) is 70.0 Å². The van der Waals surface area contributed by atoms with Crippen LogP contribution in [-0.2, 0) is 6.18 Å². The fraction of sp³-hybridized carbons (Fsp3) is 0.143. The average Bonchev–Trinajstić information content (AvgIpc) is 2.40. The molecule has 2 aromatic carbocycles. The zero-order valence-electron chi connectivity index (χ0n) is 10.1. The van der Waals surface area contributed by atoms with Gasteiger partial charge in [-0.3, -0.25) is 0 Å². The summed E-state index contributed by atoms with van der Waals surface area (Å²) in [6.45, 7) is 0.